The van der Waals surface area contributed by atoms with Crippen molar-refractivity contribution in [1.29, 1.82) is 0 Å². The average molecular weight is 280 g/mol. The number of hydrogen-bond donors (Lipinski definition) is 1. The zero-order chi connectivity index (χ0) is 14.5. The van der Waals surface area contributed by atoms with Gasteiger partial charge in [-0.3, -0.25) is 0 Å². The minimum absolute atomic E-state index is 0.318. The van der Waals surface area contributed by atoms with Gasteiger partial charge in [-0.2, -0.15) is 0 Å². The van der Waals surface area contributed by atoms with Crippen LogP contribution < -0.4 is 15.4 Å². The van der Waals surface area contributed by atoms with Crippen LogP contribution in [0.2, 0.25) is 0 Å². The number of nitrogens with zero attached hydrogens (tertiary/aromatic N) is 1. The van der Waals surface area contributed by atoms with Crippen molar-refractivity contribution < 1.29 is 9.13 Å². The van der Waals surface area contributed by atoms with Crippen molar-refractivity contribution in [3.63, 3.8) is 0 Å². The molecule has 0 spiro atoms. The van der Waals surface area contributed by atoms with E-state index < -0.39 is 0 Å². The number of unbranched alkanes of at least 4 members (excludes halogenated alkanes) is 1. The number of ether oxygens (including phenoxy) is 1. The Balaban J connectivity index is 2.23. The third kappa shape index (κ3) is 3.56. The molecule has 3 nitrogen and oxygen atoms in total. The van der Waals surface area contributed by atoms with Crippen LogP contribution in [0.4, 0.5) is 15.8 Å². The molecule has 112 valence electrons. The molecule has 0 heterocycles. The number of rotatable bonds is 8. The molecule has 1 aromatic carbocycles. The molecular formula is C16H25FN2O. The Bertz CT molecular complexity index is 446. The molecule has 0 unspecified atom stereocenters. The van der Waals surface area contributed by atoms with E-state index in [0.29, 0.717) is 24.1 Å². The Hall–Kier alpha value is -1.45. The summed E-state index contributed by atoms with van der Waals surface area (Å²) in [4.78, 5) is 2.32. The van der Waals surface area contributed by atoms with E-state index in [0.717, 1.165) is 31.5 Å². The van der Waals surface area contributed by atoms with Crippen LogP contribution in [0.1, 0.15) is 46.0 Å². The molecule has 1 saturated carbocycles. The van der Waals surface area contributed by atoms with E-state index in [1.807, 2.05) is 6.92 Å². The lowest BCUT2D eigenvalue weighted by Crippen LogP contribution is -2.27. The fourth-order valence-corrected chi connectivity index (χ4v) is 2.34. The number of halogens is 1. The molecule has 0 saturated heterocycles. The molecule has 1 aliphatic rings. The predicted octanol–water partition coefficient (Wildman–Crippen LogP) is 3.97. The second-order valence-corrected chi connectivity index (χ2v) is 5.47. The summed E-state index contributed by atoms with van der Waals surface area (Å²) in [6.45, 7) is 5.69. The fraction of sp³-hybridized carbons (Fsp3) is 0.625. The van der Waals surface area contributed by atoms with Crippen LogP contribution in [0.5, 0.6) is 5.75 Å². The van der Waals surface area contributed by atoms with E-state index in [-0.39, 0.29) is 5.82 Å². The van der Waals surface area contributed by atoms with Gasteiger partial charge in [-0.1, -0.05) is 20.3 Å². The van der Waals surface area contributed by atoms with Gasteiger partial charge in [0.15, 0.2) is 11.6 Å². The van der Waals surface area contributed by atoms with E-state index in [9.17, 15) is 4.39 Å². The first kappa shape index (κ1) is 14.9. The normalized spacial score (nSPS) is 14.3. The van der Waals surface area contributed by atoms with Gasteiger partial charge in [0.2, 0.25) is 0 Å². The largest absolute Gasteiger partial charge is 0.490 e. The molecule has 0 radical (unpaired) electrons. The highest BCUT2D eigenvalue weighted by atomic mass is 19.1. The maximum atomic E-state index is 13.9. The summed E-state index contributed by atoms with van der Waals surface area (Å²) >= 11 is 0. The van der Waals surface area contributed by atoms with E-state index >= 15 is 0 Å². The summed E-state index contributed by atoms with van der Waals surface area (Å²) in [6, 6.07) is 3.73. The van der Waals surface area contributed by atoms with Crippen LogP contribution in [0.15, 0.2) is 12.1 Å². The van der Waals surface area contributed by atoms with Gasteiger partial charge in [-0.05, 0) is 25.7 Å². The topological polar surface area (TPSA) is 38.5 Å². The van der Waals surface area contributed by atoms with E-state index in [1.165, 1.54) is 18.9 Å². The smallest absolute Gasteiger partial charge is 0.167 e. The highest BCUT2D eigenvalue weighted by Gasteiger charge is 2.30. The molecule has 1 fully saturated rings. The van der Waals surface area contributed by atoms with Crippen LogP contribution in [0, 0.1) is 5.82 Å². The van der Waals surface area contributed by atoms with Gasteiger partial charge in [0.25, 0.3) is 0 Å². The summed E-state index contributed by atoms with van der Waals surface area (Å²) in [5, 5.41) is 0. The summed E-state index contributed by atoms with van der Waals surface area (Å²) < 4.78 is 19.3. The first-order valence-corrected chi connectivity index (χ1v) is 7.65. The molecule has 0 aliphatic heterocycles. The van der Waals surface area contributed by atoms with Crippen molar-refractivity contribution in [3.8, 4) is 5.75 Å². The highest BCUT2D eigenvalue weighted by molar-refractivity contribution is 5.71. The summed E-state index contributed by atoms with van der Waals surface area (Å²) in [5.41, 5.74) is 7.45. The van der Waals surface area contributed by atoms with Gasteiger partial charge >= 0.3 is 0 Å². The van der Waals surface area contributed by atoms with Crippen LogP contribution in [-0.2, 0) is 0 Å². The Morgan fingerprint density at radius 2 is 2.05 bits per heavy atom. The maximum Gasteiger partial charge on any atom is 0.167 e. The quantitative estimate of drug-likeness (QED) is 0.732. The van der Waals surface area contributed by atoms with Crippen LogP contribution in [0.25, 0.3) is 0 Å². The second-order valence-electron chi connectivity index (χ2n) is 5.47. The third-order valence-corrected chi connectivity index (χ3v) is 3.59. The summed E-state index contributed by atoms with van der Waals surface area (Å²) in [5.74, 6) is -0.0517. The number of hydrogen-bond acceptors (Lipinski definition) is 3. The number of anilines is 2. The first-order chi connectivity index (χ1) is 9.67. The standard InChI is InChI=1S/C16H25FN2O/c1-3-5-8-19(12-6-7-12)15-11-16(20-9-4-2)13(17)10-14(15)18/h10-12H,3-9,18H2,1-2H3. The lowest BCUT2D eigenvalue weighted by atomic mass is 10.2. The monoisotopic (exact) mass is 280 g/mol. The lowest BCUT2D eigenvalue weighted by Gasteiger charge is -2.26. The average Bonchev–Trinajstić information content (AvgIpc) is 3.24. The van der Waals surface area contributed by atoms with Crippen molar-refractivity contribution in [1.82, 2.24) is 0 Å². The van der Waals surface area contributed by atoms with Gasteiger partial charge < -0.3 is 15.4 Å². The van der Waals surface area contributed by atoms with Crippen molar-refractivity contribution in [2.24, 2.45) is 0 Å². The molecule has 2 N–H and O–H groups in total. The molecular weight excluding hydrogens is 255 g/mol. The van der Waals surface area contributed by atoms with Crippen molar-refractivity contribution >= 4 is 11.4 Å². The molecule has 4 heteroatoms. The molecule has 0 bridgehead atoms. The third-order valence-electron chi connectivity index (χ3n) is 3.59. The molecule has 1 aliphatic carbocycles. The van der Waals surface area contributed by atoms with Gasteiger partial charge in [0.1, 0.15) is 0 Å². The highest BCUT2D eigenvalue weighted by Crippen LogP contribution is 2.38. The van der Waals surface area contributed by atoms with E-state index in [4.69, 9.17) is 10.5 Å². The lowest BCUT2D eigenvalue weighted by molar-refractivity contribution is 0.301. The molecule has 0 amide bonds. The first-order valence-electron chi connectivity index (χ1n) is 7.65. The van der Waals surface area contributed by atoms with E-state index in [1.54, 1.807) is 6.07 Å². The van der Waals surface area contributed by atoms with Crippen molar-refractivity contribution in [3.05, 3.63) is 17.9 Å². The molecule has 0 aromatic heterocycles. The summed E-state index contributed by atoms with van der Waals surface area (Å²) in [7, 11) is 0. The number of nitrogens with two attached hydrogens (primary N) is 1. The predicted molar refractivity (Wildman–Crippen MR) is 81.9 cm³/mol. The SMILES string of the molecule is CCCCN(c1cc(OCCC)c(F)cc1N)C1CC1. The molecule has 0 atom stereocenters. The fourth-order valence-electron chi connectivity index (χ4n) is 2.34. The zero-order valence-corrected chi connectivity index (χ0v) is 12.5. The Labute approximate surface area is 120 Å². The molecule has 1 aromatic rings. The van der Waals surface area contributed by atoms with Gasteiger partial charge in [-0.25, -0.2) is 4.39 Å². The van der Waals surface area contributed by atoms with Gasteiger partial charge in [0, 0.05) is 24.7 Å². The maximum absolute atomic E-state index is 13.9. The molecule has 20 heavy (non-hydrogen) atoms. The van der Waals surface area contributed by atoms with Crippen molar-refractivity contribution in [2.75, 3.05) is 23.8 Å². The summed E-state index contributed by atoms with van der Waals surface area (Å²) in [6.07, 6.45) is 5.53. The Morgan fingerprint density at radius 3 is 2.65 bits per heavy atom. The number of benzene rings is 1. The van der Waals surface area contributed by atoms with Gasteiger partial charge in [-0.15, -0.1) is 0 Å². The van der Waals surface area contributed by atoms with Crippen LogP contribution in [0.3, 0.4) is 0 Å². The number of nitrogen functional groups attached to an aromatic ring is 1. The van der Waals surface area contributed by atoms with Gasteiger partial charge in [0.05, 0.1) is 18.0 Å². The minimum Gasteiger partial charge on any atom is -0.490 e. The Morgan fingerprint density at radius 1 is 1.30 bits per heavy atom. The molecule has 2 rings (SSSR count). The van der Waals surface area contributed by atoms with E-state index in [2.05, 4.69) is 11.8 Å². The van der Waals surface area contributed by atoms with Crippen LogP contribution in [-0.4, -0.2) is 19.2 Å². The second kappa shape index (κ2) is 6.82. The van der Waals surface area contributed by atoms with Crippen molar-refractivity contribution in [2.45, 2.75) is 52.0 Å². The Kier molecular flexibility index (Phi) is 5.10. The zero-order valence-electron chi connectivity index (χ0n) is 12.5. The minimum atomic E-state index is -0.370. The van der Waals surface area contributed by atoms with Crippen LogP contribution >= 0.6 is 0 Å².